The molecule has 0 aromatic rings. The summed E-state index contributed by atoms with van der Waals surface area (Å²) >= 11 is 4.57. The van der Waals surface area contributed by atoms with Crippen molar-refractivity contribution in [1.82, 2.24) is 0 Å². The van der Waals surface area contributed by atoms with Gasteiger partial charge in [-0.25, -0.2) is 0 Å². The quantitative estimate of drug-likeness (QED) is 0.412. The summed E-state index contributed by atoms with van der Waals surface area (Å²) in [6.07, 6.45) is 0. The number of ether oxygens (including phenoxy) is 2. The molecule has 2 nitrogen and oxygen atoms in total. The van der Waals surface area contributed by atoms with E-state index in [9.17, 15) is 0 Å². The number of hydrogen-bond donors (Lipinski definition) is 0. The van der Waals surface area contributed by atoms with Crippen molar-refractivity contribution in [2.24, 2.45) is 0 Å². The topological polar surface area (TPSA) is 18.5 Å². The van der Waals surface area contributed by atoms with Crippen molar-refractivity contribution in [3.8, 4) is 0 Å². The molecule has 0 aromatic carbocycles. The molecule has 0 spiro atoms. The van der Waals surface area contributed by atoms with E-state index in [4.69, 9.17) is 4.74 Å². The summed E-state index contributed by atoms with van der Waals surface area (Å²) in [6, 6.07) is 0. The lowest BCUT2D eigenvalue weighted by Crippen LogP contribution is -1.90. The smallest absolute Gasteiger partial charge is 0.190 e. The van der Waals surface area contributed by atoms with Crippen LogP contribution in [0.3, 0.4) is 0 Å². The van der Waals surface area contributed by atoms with Crippen LogP contribution in [0.5, 0.6) is 0 Å². The third-order valence-corrected chi connectivity index (χ3v) is 0.759. The van der Waals surface area contributed by atoms with Crippen LogP contribution in [-0.2, 0) is 9.47 Å². The Morgan fingerprint density at radius 3 is 2.67 bits per heavy atom. The Labute approximate surface area is 41.0 Å². The highest BCUT2D eigenvalue weighted by molar-refractivity contribution is 7.80. The first-order chi connectivity index (χ1) is 2.89. The predicted molar refractivity (Wildman–Crippen MR) is 24.5 cm³/mol. The van der Waals surface area contributed by atoms with E-state index >= 15 is 0 Å². The maximum Gasteiger partial charge on any atom is 0.190 e. The molecule has 1 aliphatic heterocycles. The van der Waals surface area contributed by atoms with Crippen molar-refractivity contribution in [1.29, 1.82) is 0 Å². The van der Waals surface area contributed by atoms with Crippen LogP contribution >= 0.6 is 12.2 Å². The van der Waals surface area contributed by atoms with Crippen molar-refractivity contribution < 1.29 is 9.47 Å². The third-order valence-electron chi connectivity index (χ3n) is 0.523. The van der Waals surface area contributed by atoms with Crippen LogP contribution in [0.2, 0.25) is 0 Å². The van der Waals surface area contributed by atoms with Gasteiger partial charge in [0.2, 0.25) is 0 Å². The van der Waals surface area contributed by atoms with E-state index in [1.165, 1.54) is 0 Å². The molecule has 0 atom stereocenters. The second-order valence-corrected chi connectivity index (χ2v) is 1.44. The van der Waals surface area contributed by atoms with Gasteiger partial charge in [-0.3, -0.25) is 0 Å². The summed E-state index contributed by atoms with van der Waals surface area (Å²) in [6.45, 7) is 0.841. The van der Waals surface area contributed by atoms with Gasteiger partial charge in [0.15, 0.2) is 11.8 Å². The van der Waals surface area contributed by atoms with Gasteiger partial charge in [0.25, 0.3) is 0 Å². The summed E-state index contributed by atoms with van der Waals surface area (Å²) in [5, 5.41) is 0.565. The van der Waals surface area contributed by atoms with E-state index in [-0.39, 0.29) is 0 Å². The average Bonchev–Trinajstić information content (AvgIpc) is 1.86. The second-order valence-electron chi connectivity index (χ2n) is 0.983. The number of thiocarbonyl (C=S) groups is 1. The lowest BCUT2D eigenvalue weighted by Gasteiger charge is -1.81. The monoisotopic (exact) mass is 104 g/mol. The molecular weight excluding hydrogens is 100 g/mol. The lowest BCUT2D eigenvalue weighted by molar-refractivity contribution is 0.0896. The molecule has 0 unspecified atom stereocenters. The first kappa shape index (κ1) is 4.02. The molecule has 0 N–H and O–H groups in total. The minimum atomic E-state index is 0.346. The van der Waals surface area contributed by atoms with Crippen molar-refractivity contribution >= 4 is 17.3 Å². The molecular formula is C3H4O2S. The first-order valence-electron chi connectivity index (χ1n) is 1.63. The molecule has 0 aromatic heterocycles. The number of hydrogen-bond acceptors (Lipinski definition) is 3. The molecule has 0 saturated carbocycles. The Balaban J connectivity index is 2.37. The fourth-order valence-corrected chi connectivity index (χ4v) is 0.406. The molecule has 34 valence electrons. The SMILES string of the molecule is S=C1COCO1. The Morgan fingerprint density at radius 2 is 2.50 bits per heavy atom. The molecule has 0 bridgehead atoms. The maximum atomic E-state index is 4.69. The van der Waals surface area contributed by atoms with Crippen LogP contribution in [0.15, 0.2) is 0 Å². The Bertz CT molecular complexity index is 63.2. The summed E-state index contributed by atoms with van der Waals surface area (Å²) in [5.41, 5.74) is 0. The first-order valence-corrected chi connectivity index (χ1v) is 2.04. The third kappa shape index (κ3) is 0.666. The van der Waals surface area contributed by atoms with E-state index in [0.29, 0.717) is 18.5 Å². The van der Waals surface area contributed by atoms with Crippen molar-refractivity contribution in [2.75, 3.05) is 13.4 Å². The minimum absolute atomic E-state index is 0.346. The predicted octanol–water partition coefficient (Wildman–Crippen LogP) is 0.318. The zero-order valence-corrected chi connectivity index (χ0v) is 3.96. The van der Waals surface area contributed by atoms with Crippen LogP contribution in [0.1, 0.15) is 0 Å². The molecule has 1 fully saturated rings. The second kappa shape index (κ2) is 1.53. The van der Waals surface area contributed by atoms with Gasteiger partial charge >= 0.3 is 0 Å². The summed E-state index contributed by atoms with van der Waals surface area (Å²) in [4.78, 5) is 0. The highest BCUT2D eigenvalue weighted by atomic mass is 32.1. The van der Waals surface area contributed by atoms with Gasteiger partial charge in [-0.15, -0.1) is 0 Å². The maximum absolute atomic E-state index is 4.69. The Morgan fingerprint density at radius 1 is 1.67 bits per heavy atom. The molecule has 0 amide bonds. The van der Waals surface area contributed by atoms with Crippen molar-refractivity contribution in [3.63, 3.8) is 0 Å². The van der Waals surface area contributed by atoms with Crippen molar-refractivity contribution in [2.45, 2.75) is 0 Å². The Kier molecular flexibility index (Phi) is 1.03. The van der Waals surface area contributed by atoms with Crippen LogP contribution in [-0.4, -0.2) is 18.5 Å². The summed E-state index contributed by atoms with van der Waals surface area (Å²) in [5.74, 6) is 0. The fraction of sp³-hybridized carbons (Fsp3) is 0.667. The fourth-order valence-electron chi connectivity index (χ4n) is 0.274. The summed E-state index contributed by atoms with van der Waals surface area (Å²) in [7, 11) is 0. The molecule has 1 heterocycles. The highest BCUT2D eigenvalue weighted by Gasteiger charge is 2.03. The van der Waals surface area contributed by atoms with Gasteiger partial charge in [0.05, 0.1) is 0 Å². The Hall–Kier alpha value is -0.150. The van der Waals surface area contributed by atoms with E-state index in [1.807, 2.05) is 0 Å². The van der Waals surface area contributed by atoms with Gasteiger partial charge in [0.1, 0.15) is 6.61 Å². The van der Waals surface area contributed by atoms with Crippen LogP contribution in [0.4, 0.5) is 0 Å². The number of rotatable bonds is 0. The average molecular weight is 104 g/mol. The molecule has 0 aliphatic carbocycles. The standard InChI is InChI=1S/C3H4O2S/c6-3-1-4-2-5-3/h1-2H2. The van der Waals surface area contributed by atoms with E-state index < -0.39 is 0 Å². The van der Waals surface area contributed by atoms with Crippen LogP contribution in [0, 0.1) is 0 Å². The van der Waals surface area contributed by atoms with Crippen LogP contribution in [0.25, 0.3) is 0 Å². The van der Waals surface area contributed by atoms with Gasteiger partial charge in [-0.2, -0.15) is 0 Å². The van der Waals surface area contributed by atoms with E-state index in [0.717, 1.165) is 0 Å². The normalized spacial score (nSPS) is 21.0. The minimum Gasteiger partial charge on any atom is -0.458 e. The molecule has 6 heavy (non-hydrogen) atoms. The highest BCUT2D eigenvalue weighted by Crippen LogP contribution is 1.92. The van der Waals surface area contributed by atoms with Gasteiger partial charge in [0, 0.05) is 0 Å². The zero-order valence-electron chi connectivity index (χ0n) is 3.14. The molecule has 3 heteroatoms. The summed E-state index contributed by atoms with van der Waals surface area (Å²) < 4.78 is 9.36. The molecule has 1 saturated heterocycles. The van der Waals surface area contributed by atoms with Crippen LogP contribution < -0.4 is 0 Å². The van der Waals surface area contributed by atoms with E-state index in [1.54, 1.807) is 0 Å². The van der Waals surface area contributed by atoms with Gasteiger partial charge in [-0.05, 0) is 12.2 Å². The lowest BCUT2D eigenvalue weighted by atomic mass is 10.8. The molecule has 1 rings (SSSR count). The van der Waals surface area contributed by atoms with Crippen molar-refractivity contribution in [3.05, 3.63) is 0 Å². The van der Waals surface area contributed by atoms with Gasteiger partial charge < -0.3 is 9.47 Å². The zero-order chi connectivity index (χ0) is 4.41. The van der Waals surface area contributed by atoms with Gasteiger partial charge in [-0.1, -0.05) is 0 Å². The largest absolute Gasteiger partial charge is 0.458 e. The molecule has 1 aliphatic rings. The molecule has 0 radical (unpaired) electrons. The van der Waals surface area contributed by atoms with E-state index in [2.05, 4.69) is 17.0 Å².